The lowest BCUT2D eigenvalue weighted by atomic mass is 9.94. The Kier molecular flexibility index (Phi) is 2.46. The minimum absolute atomic E-state index is 0.443. The van der Waals surface area contributed by atoms with Crippen molar-refractivity contribution in [3.8, 4) is 0 Å². The molecular formula is C7H12O4. The van der Waals surface area contributed by atoms with Gasteiger partial charge in [0, 0.05) is 33.2 Å². The quantitative estimate of drug-likeness (QED) is 0.629. The second-order valence-electron chi connectivity index (χ2n) is 2.62. The summed E-state index contributed by atoms with van der Waals surface area (Å²) in [6.45, 7) is 0.945. The van der Waals surface area contributed by atoms with Crippen LogP contribution in [0.5, 0.6) is 0 Å². The first-order chi connectivity index (χ1) is 5.21. The summed E-state index contributed by atoms with van der Waals surface area (Å²) >= 11 is 0. The first-order valence-electron chi connectivity index (χ1n) is 3.57. The van der Waals surface area contributed by atoms with Crippen molar-refractivity contribution in [2.45, 2.75) is 18.4 Å². The molecule has 0 bridgehead atoms. The van der Waals surface area contributed by atoms with E-state index in [1.165, 1.54) is 7.11 Å². The highest BCUT2D eigenvalue weighted by Gasteiger charge is 2.40. The molecule has 64 valence electrons. The minimum Gasteiger partial charge on any atom is -0.479 e. The van der Waals surface area contributed by atoms with Gasteiger partial charge in [-0.2, -0.15) is 0 Å². The van der Waals surface area contributed by atoms with Crippen molar-refractivity contribution in [3.63, 3.8) is 0 Å². The molecule has 1 N–H and O–H groups in total. The molecule has 0 saturated carbocycles. The van der Waals surface area contributed by atoms with E-state index in [4.69, 9.17) is 14.6 Å². The van der Waals surface area contributed by atoms with E-state index in [0.29, 0.717) is 26.1 Å². The van der Waals surface area contributed by atoms with E-state index >= 15 is 0 Å². The average molecular weight is 160 g/mol. The minimum atomic E-state index is -0.988. The molecule has 0 radical (unpaired) electrons. The maximum atomic E-state index is 10.7. The molecule has 0 aromatic heterocycles. The van der Waals surface area contributed by atoms with Crippen molar-refractivity contribution in [1.29, 1.82) is 0 Å². The maximum Gasteiger partial charge on any atom is 0.336 e. The van der Waals surface area contributed by atoms with Gasteiger partial charge in [-0.05, 0) is 0 Å². The highest BCUT2D eigenvalue weighted by molar-refractivity contribution is 5.77. The van der Waals surface area contributed by atoms with Crippen LogP contribution in [0, 0.1) is 0 Å². The maximum absolute atomic E-state index is 10.7. The molecule has 1 fully saturated rings. The first kappa shape index (κ1) is 8.49. The first-order valence-corrected chi connectivity index (χ1v) is 3.57. The van der Waals surface area contributed by atoms with Crippen LogP contribution in [0.3, 0.4) is 0 Å². The van der Waals surface area contributed by atoms with Gasteiger partial charge in [0.25, 0.3) is 0 Å². The van der Waals surface area contributed by atoms with Crippen molar-refractivity contribution in [3.05, 3.63) is 0 Å². The Hall–Kier alpha value is -0.610. The predicted molar refractivity (Wildman–Crippen MR) is 37.4 cm³/mol. The predicted octanol–water partition coefficient (Wildman–Crippen LogP) is 0.267. The van der Waals surface area contributed by atoms with E-state index in [2.05, 4.69) is 0 Å². The van der Waals surface area contributed by atoms with Gasteiger partial charge in [0.1, 0.15) is 0 Å². The summed E-state index contributed by atoms with van der Waals surface area (Å²) in [6, 6.07) is 0. The van der Waals surface area contributed by atoms with E-state index in [1.54, 1.807) is 0 Å². The Labute approximate surface area is 65.1 Å². The third-order valence-electron chi connectivity index (χ3n) is 2.08. The van der Waals surface area contributed by atoms with Crippen LogP contribution >= 0.6 is 0 Å². The number of hydrogen-bond donors (Lipinski definition) is 1. The van der Waals surface area contributed by atoms with Gasteiger partial charge < -0.3 is 14.6 Å². The van der Waals surface area contributed by atoms with E-state index in [-0.39, 0.29) is 0 Å². The number of ether oxygens (including phenoxy) is 2. The standard InChI is InChI=1S/C7H12O4/c1-10-7(6(8)9)2-4-11-5-3-7/h2-5H2,1H3,(H,8,9). The van der Waals surface area contributed by atoms with Crippen LogP contribution in [0.4, 0.5) is 0 Å². The molecular weight excluding hydrogens is 148 g/mol. The smallest absolute Gasteiger partial charge is 0.336 e. The number of carboxylic acids is 1. The number of rotatable bonds is 2. The molecule has 0 aromatic carbocycles. The fraction of sp³-hybridized carbons (Fsp3) is 0.857. The lowest BCUT2D eigenvalue weighted by Crippen LogP contribution is -2.45. The second kappa shape index (κ2) is 3.19. The summed E-state index contributed by atoms with van der Waals surface area (Å²) in [5, 5.41) is 8.81. The molecule has 1 heterocycles. The molecule has 1 aliphatic heterocycles. The average Bonchev–Trinajstić information content (AvgIpc) is 2.05. The van der Waals surface area contributed by atoms with Gasteiger partial charge in [-0.1, -0.05) is 0 Å². The summed E-state index contributed by atoms with van der Waals surface area (Å²) < 4.78 is 9.99. The summed E-state index contributed by atoms with van der Waals surface area (Å²) in [7, 11) is 1.43. The van der Waals surface area contributed by atoms with Gasteiger partial charge in [0.15, 0.2) is 5.60 Å². The van der Waals surface area contributed by atoms with Crippen LogP contribution in [-0.4, -0.2) is 37.0 Å². The van der Waals surface area contributed by atoms with Crippen LogP contribution in [-0.2, 0) is 14.3 Å². The third-order valence-corrected chi connectivity index (χ3v) is 2.08. The van der Waals surface area contributed by atoms with Crippen molar-refractivity contribution in [2.24, 2.45) is 0 Å². The normalized spacial score (nSPS) is 23.0. The second-order valence-corrected chi connectivity index (χ2v) is 2.62. The molecule has 1 saturated heterocycles. The number of carbonyl (C=O) groups is 1. The molecule has 0 atom stereocenters. The molecule has 4 nitrogen and oxygen atoms in total. The third kappa shape index (κ3) is 1.52. The SMILES string of the molecule is COC1(C(=O)O)CCOCC1. The Bertz CT molecular complexity index is 149. The Morgan fingerprint density at radius 1 is 1.55 bits per heavy atom. The van der Waals surface area contributed by atoms with E-state index in [9.17, 15) is 4.79 Å². The van der Waals surface area contributed by atoms with Crippen LogP contribution in [0.2, 0.25) is 0 Å². The van der Waals surface area contributed by atoms with E-state index < -0.39 is 11.6 Å². The molecule has 1 aliphatic rings. The number of carboxylic acid groups (broad SMARTS) is 1. The molecule has 0 amide bonds. The van der Waals surface area contributed by atoms with Gasteiger partial charge >= 0.3 is 5.97 Å². The molecule has 4 heteroatoms. The molecule has 0 unspecified atom stereocenters. The number of methoxy groups -OCH3 is 1. The summed E-state index contributed by atoms with van der Waals surface area (Å²) in [6.07, 6.45) is 0.887. The molecule has 0 spiro atoms. The summed E-state index contributed by atoms with van der Waals surface area (Å²) in [5.41, 5.74) is -0.988. The fourth-order valence-electron chi connectivity index (χ4n) is 1.21. The summed E-state index contributed by atoms with van der Waals surface area (Å²) in [4.78, 5) is 10.7. The molecule has 11 heavy (non-hydrogen) atoms. The van der Waals surface area contributed by atoms with Gasteiger partial charge in [0.05, 0.1) is 0 Å². The Balaban J connectivity index is 2.64. The fourth-order valence-corrected chi connectivity index (χ4v) is 1.21. The van der Waals surface area contributed by atoms with Crippen molar-refractivity contribution < 1.29 is 19.4 Å². The molecule has 1 rings (SSSR count). The van der Waals surface area contributed by atoms with Crippen LogP contribution < -0.4 is 0 Å². The van der Waals surface area contributed by atoms with E-state index in [1.807, 2.05) is 0 Å². The van der Waals surface area contributed by atoms with Gasteiger partial charge in [0.2, 0.25) is 0 Å². The largest absolute Gasteiger partial charge is 0.479 e. The number of hydrogen-bond acceptors (Lipinski definition) is 3. The zero-order chi connectivity index (χ0) is 8.32. The molecule has 0 aliphatic carbocycles. The lowest BCUT2D eigenvalue weighted by molar-refractivity contribution is -0.173. The zero-order valence-electron chi connectivity index (χ0n) is 6.50. The van der Waals surface area contributed by atoms with Crippen molar-refractivity contribution >= 4 is 5.97 Å². The van der Waals surface area contributed by atoms with Crippen LogP contribution in [0.1, 0.15) is 12.8 Å². The topological polar surface area (TPSA) is 55.8 Å². The highest BCUT2D eigenvalue weighted by Crippen LogP contribution is 2.24. The van der Waals surface area contributed by atoms with Gasteiger partial charge in [-0.3, -0.25) is 0 Å². The summed E-state index contributed by atoms with van der Waals surface area (Å²) in [5.74, 6) is -0.886. The van der Waals surface area contributed by atoms with Crippen LogP contribution in [0.15, 0.2) is 0 Å². The van der Waals surface area contributed by atoms with Gasteiger partial charge in [-0.25, -0.2) is 4.79 Å². The monoisotopic (exact) mass is 160 g/mol. The molecule has 0 aromatic rings. The highest BCUT2D eigenvalue weighted by atomic mass is 16.5. The van der Waals surface area contributed by atoms with Gasteiger partial charge in [-0.15, -0.1) is 0 Å². The van der Waals surface area contributed by atoms with E-state index in [0.717, 1.165) is 0 Å². The Morgan fingerprint density at radius 3 is 2.36 bits per heavy atom. The van der Waals surface area contributed by atoms with Crippen LogP contribution in [0.25, 0.3) is 0 Å². The van der Waals surface area contributed by atoms with Crippen molar-refractivity contribution in [2.75, 3.05) is 20.3 Å². The number of aliphatic carboxylic acids is 1. The zero-order valence-corrected chi connectivity index (χ0v) is 6.50. The Morgan fingerprint density at radius 2 is 2.09 bits per heavy atom. The van der Waals surface area contributed by atoms with Crippen molar-refractivity contribution in [1.82, 2.24) is 0 Å². The lowest BCUT2D eigenvalue weighted by Gasteiger charge is -2.31.